The third kappa shape index (κ3) is 15.2. The fourth-order valence-corrected chi connectivity index (χ4v) is 16.6. The first kappa shape index (κ1) is 67.6. The summed E-state index contributed by atoms with van der Waals surface area (Å²) in [6.45, 7) is 24.2. The van der Waals surface area contributed by atoms with Crippen LogP contribution in [0.25, 0.3) is 44.3 Å². The number of carbonyl (C=O) groups is 2. The molecule has 0 radical (unpaired) electrons. The van der Waals surface area contributed by atoms with Gasteiger partial charge in [-0.25, -0.2) is 0 Å². The highest BCUT2D eigenvalue weighted by molar-refractivity contribution is 7.01. The number of amides is 1. The number of unbranched alkanes of at least 4 members (excludes halogenated alkanes) is 1. The third-order valence-corrected chi connectivity index (χ3v) is 22.2. The maximum atomic E-state index is 12.9. The van der Waals surface area contributed by atoms with Crippen molar-refractivity contribution in [3.63, 3.8) is 0 Å². The molecule has 9 aromatic rings. The lowest BCUT2D eigenvalue weighted by Crippen LogP contribution is -2.63. The Morgan fingerprint density at radius 3 is 1.63 bits per heavy atom. The molecule has 0 fully saturated rings. The van der Waals surface area contributed by atoms with Crippen LogP contribution in [-0.4, -0.2) is 108 Å². The number of allylic oxidation sites excluding steroid dienone is 1. The number of Topliss-reactive ketones (excluding diaryl/α,β-unsaturated/α-hetero) is 1. The van der Waals surface area contributed by atoms with Crippen LogP contribution >= 0.6 is 0 Å². The van der Waals surface area contributed by atoms with Crippen LogP contribution in [0.2, 0.25) is 13.1 Å². The van der Waals surface area contributed by atoms with Gasteiger partial charge < -0.3 is 40.4 Å². The molecule has 0 bridgehead atoms. The van der Waals surface area contributed by atoms with Gasteiger partial charge in [-0.15, -0.1) is 0 Å². The van der Waals surface area contributed by atoms with E-state index in [2.05, 4.69) is 170 Å². The van der Waals surface area contributed by atoms with Crippen LogP contribution in [0.4, 0.5) is 5.69 Å². The smallest absolute Gasteiger partial charge is 0.423 e. The Balaban J connectivity index is 1.15. The number of anilines is 1. The van der Waals surface area contributed by atoms with E-state index in [1.54, 1.807) is 38.1 Å². The average Bonchev–Trinajstić information content (AvgIpc) is 0.727. The van der Waals surface area contributed by atoms with Gasteiger partial charge in [0.15, 0.2) is 5.78 Å². The Morgan fingerprint density at radius 1 is 0.538 bits per heavy atom. The van der Waals surface area contributed by atoms with E-state index < -0.39 is 29.4 Å². The minimum Gasteiger partial charge on any atom is -0.423 e. The first-order chi connectivity index (χ1) is 44.6. The number of hydrogen-bond acceptors (Lipinski definition) is 11. The fraction of sp³-hybridized carbons (Fsp3) is 0.247. The summed E-state index contributed by atoms with van der Waals surface area (Å²) in [5, 5.41) is 75.5. The number of benzene rings is 9. The predicted octanol–water partition coefficient (Wildman–Crippen LogP) is 7.23. The second-order valence-corrected chi connectivity index (χ2v) is 30.0. The van der Waals surface area contributed by atoms with Crippen LogP contribution in [0.5, 0.6) is 0 Å². The number of ketones is 1. The molecule has 0 atom stereocenters. The van der Waals surface area contributed by atoms with Gasteiger partial charge in [0.05, 0.1) is 0 Å². The topological polar surface area (TPSA) is 177 Å². The molecule has 10 rings (SSSR count). The van der Waals surface area contributed by atoms with Gasteiger partial charge >= 0.3 is 21.4 Å². The van der Waals surface area contributed by atoms with Crippen molar-refractivity contribution in [2.75, 3.05) is 31.6 Å². The maximum Gasteiger partial charge on any atom is 0.488 e. The summed E-state index contributed by atoms with van der Waals surface area (Å²) in [5.41, 5.74) is 14.7. The molecule has 0 saturated carbocycles. The van der Waals surface area contributed by atoms with Crippen molar-refractivity contribution in [3.05, 3.63) is 249 Å². The van der Waals surface area contributed by atoms with Gasteiger partial charge in [-0.2, -0.15) is 0 Å². The molecule has 0 aromatic heterocycles. The largest absolute Gasteiger partial charge is 0.488 e. The van der Waals surface area contributed by atoms with Crippen molar-refractivity contribution in [1.82, 2.24) is 15.1 Å². The molecule has 0 spiro atoms. The highest BCUT2D eigenvalue weighted by Crippen LogP contribution is 2.39. The first-order valence-electron chi connectivity index (χ1n) is 32.3. The minimum atomic E-state index is -2.38. The Hall–Kier alpha value is -8.25. The van der Waals surface area contributed by atoms with E-state index in [-0.39, 0.29) is 11.7 Å². The highest BCUT2D eigenvalue weighted by Gasteiger charge is 2.36. The summed E-state index contributed by atoms with van der Waals surface area (Å²) < 4.78 is 0. The number of nitrogens with zero attached hydrogens (tertiary/aromatic N) is 3. The number of rotatable bonds is 27. The highest BCUT2D eigenvalue weighted by atomic mass is 28.3. The molecule has 12 nitrogen and oxygen atoms in total. The van der Waals surface area contributed by atoms with Crippen LogP contribution in [0.3, 0.4) is 0 Å². The lowest BCUT2D eigenvalue weighted by Gasteiger charge is -2.35. The normalized spacial score (nSPS) is 12.7. The summed E-state index contributed by atoms with van der Waals surface area (Å²) in [5.74, 6) is -0.162. The van der Waals surface area contributed by atoms with Crippen molar-refractivity contribution in [1.29, 1.82) is 0 Å². The minimum absolute atomic E-state index is 0.0412. The summed E-state index contributed by atoms with van der Waals surface area (Å²) in [4.78, 5) is 32.5. The molecule has 474 valence electrons. The van der Waals surface area contributed by atoms with E-state index in [9.17, 15) is 39.7 Å². The molecule has 9 aromatic carbocycles. The lowest BCUT2D eigenvalue weighted by atomic mass is 9.77. The van der Waals surface area contributed by atoms with Crippen molar-refractivity contribution in [2.45, 2.75) is 99.2 Å². The van der Waals surface area contributed by atoms with Gasteiger partial charge in [-0.05, 0) is 203 Å². The summed E-state index contributed by atoms with van der Waals surface area (Å²) in [7, 11) is -5.25. The van der Waals surface area contributed by atoms with Crippen molar-refractivity contribution < 1.29 is 39.7 Å². The van der Waals surface area contributed by atoms with Crippen LogP contribution < -0.4 is 47.4 Å². The fourth-order valence-electron chi connectivity index (χ4n) is 13.5. The predicted molar refractivity (Wildman–Crippen MR) is 388 cm³/mol. The molecular weight excluding hydrogens is 1170 g/mol. The van der Waals surface area contributed by atoms with E-state index in [0.717, 1.165) is 77.3 Å². The van der Waals surface area contributed by atoms with Gasteiger partial charge in [-0.1, -0.05) is 178 Å². The molecule has 1 aliphatic heterocycles. The van der Waals surface area contributed by atoms with E-state index >= 15 is 0 Å². The van der Waals surface area contributed by atoms with Crippen LogP contribution in [0.1, 0.15) is 91.0 Å². The van der Waals surface area contributed by atoms with Crippen LogP contribution in [-0.2, 0) is 42.3 Å². The van der Waals surface area contributed by atoms with Gasteiger partial charge in [0.25, 0.3) is 0 Å². The van der Waals surface area contributed by atoms with Crippen LogP contribution in [0, 0.1) is 6.92 Å². The average molecular weight is 1260 g/mol. The lowest BCUT2D eigenvalue weighted by molar-refractivity contribution is -0.117. The van der Waals surface area contributed by atoms with Gasteiger partial charge in [0.1, 0.15) is 8.07 Å². The summed E-state index contributed by atoms with van der Waals surface area (Å²) in [6, 6.07) is 58.2. The third-order valence-electron chi connectivity index (χ3n) is 18.7. The number of nitrogens with one attached hydrogen (secondary N) is 1. The van der Waals surface area contributed by atoms with E-state index in [4.69, 9.17) is 0 Å². The second kappa shape index (κ2) is 29.8. The second-order valence-electron chi connectivity index (χ2n) is 25.7. The van der Waals surface area contributed by atoms with E-state index in [1.165, 1.54) is 31.9 Å². The SMILES string of the molecule is C=C(C)C(=O)CCCCN(Cc1ccccc1B(O)O)Cc1c2ccccc2c(CN(CCCNC(=O)C(=C)C)Cc2ccccc2B(O)O)c2ccc(-c3ccc(C)c(C4=c5cc/c(=C\C)cc5[Si](C)(C)c5cc(N(C)Cc6ccccc6B(O)O)ccc54)c3)cc12. The zero-order valence-electron chi connectivity index (χ0n) is 54.7. The monoisotopic (exact) mass is 1250 g/mol. The number of hydrogen-bond donors (Lipinski definition) is 7. The molecule has 0 unspecified atom stereocenters. The first-order valence-corrected chi connectivity index (χ1v) is 35.3. The zero-order valence-corrected chi connectivity index (χ0v) is 55.7. The summed E-state index contributed by atoms with van der Waals surface area (Å²) >= 11 is 0. The van der Waals surface area contributed by atoms with Crippen molar-refractivity contribution in [2.24, 2.45) is 0 Å². The molecule has 93 heavy (non-hydrogen) atoms. The molecular formula is C77H85B3N4O8Si. The number of carbonyl (C=O) groups excluding carboxylic acids is 2. The summed E-state index contributed by atoms with van der Waals surface area (Å²) in [6.07, 6.45) is 4.54. The van der Waals surface area contributed by atoms with E-state index in [0.29, 0.717) is 106 Å². The van der Waals surface area contributed by atoms with Gasteiger partial charge in [0, 0.05) is 70.5 Å². The molecule has 0 saturated heterocycles. The molecule has 1 amide bonds. The van der Waals surface area contributed by atoms with Gasteiger partial charge in [-0.3, -0.25) is 19.4 Å². The van der Waals surface area contributed by atoms with Crippen molar-refractivity contribution in [3.8, 4) is 11.1 Å². The Kier molecular flexibility index (Phi) is 21.7. The number of fused-ring (bicyclic) bond motifs is 4. The molecule has 16 heteroatoms. The molecule has 1 heterocycles. The van der Waals surface area contributed by atoms with E-state index in [1.807, 2.05) is 48.5 Å². The number of aryl methyl sites for hydroxylation is 1. The zero-order chi connectivity index (χ0) is 66.3. The Morgan fingerprint density at radius 2 is 1.06 bits per heavy atom. The Labute approximate surface area is 549 Å². The van der Waals surface area contributed by atoms with Crippen molar-refractivity contribution >= 4 is 107 Å². The Bertz CT molecular complexity index is 4440. The molecule has 1 aliphatic rings. The quantitative estimate of drug-likeness (QED) is 0.0120. The maximum absolute atomic E-state index is 12.9. The molecule has 0 aliphatic carbocycles. The molecule has 7 N–H and O–H groups in total. The standard InChI is InChI=1S/C77H85B3N4O8Si/c1-10-54-32-36-64-74(42-54)93(8,9)75-45-60(82(7)46-57-22-11-16-27-70(57)78(87)88)35-38-65(75)76(64)66-43-55(33-31-53(66)6)56-34-37-63-67(44-56)69(50-83(40-20-19-30-73(85)51(2)3)47-58-23-12-17-28-71(58)79(89)90)62-26-15-14-25-61(62)68(63)49-84(41-21-39-81-77(86)52(4)5)48-59-24-13-18-29-72(59)80(91)92/h10-18,22-29,31-38,42-45,87-92H,2,4,19-21,30,39-41,46-50H2,1,3,5-9H3,(H,81,86)/b54-10+. The van der Waals surface area contributed by atoms with Crippen LogP contribution in [0.15, 0.2) is 194 Å². The van der Waals surface area contributed by atoms with Gasteiger partial charge in [0.2, 0.25) is 5.91 Å².